The molecule has 0 aromatic rings. The molecule has 0 radical (unpaired) electrons. The monoisotopic (exact) mass is 630 g/mol. The summed E-state index contributed by atoms with van der Waals surface area (Å²) in [5.41, 5.74) is 0. The van der Waals surface area contributed by atoms with E-state index >= 15 is 0 Å². The molecule has 0 aliphatic rings. The molecule has 0 spiro atoms. The Balaban J connectivity index is 3.51. The van der Waals surface area contributed by atoms with Gasteiger partial charge < -0.3 is 15.7 Å². The summed E-state index contributed by atoms with van der Waals surface area (Å²) in [6.45, 7) is 4.65. The van der Waals surface area contributed by atoms with Crippen LogP contribution in [0, 0.1) is 0 Å². The molecular formula is C35H70N2O3S2. The summed E-state index contributed by atoms with van der Waals surface area (Å²) < 4.78 is 0. The summed E-state index contributed by atoms with van der Waals surface area (Å²) in [6.07, 6.45) is 32.2. The fraction of sp³-hybridized carbons (Fsp3) is 0.943. The van der Waals surface area contributed by atoms with Gasteiger partial charge in [-0.3, -0.25) is 9.59 Å². The number of nitrogens with one attached hydrogen (secondary N) is 2. The van der Waals surface area contributed by atoms with Crippen LogP contribution in [0.25, 0.3) is 0 Å². The van der Waals surface area contributed by atoms with E-state index in [4.69, 9.17) is 0 Å². The highest BCUT2D eigenvalue weighted by molar-refractivity contribution is 8.00. The average Bonchev–Trinajstić information content (AvgIpc) is 2.99. The first kappa shape index (κ1) is 41.6. The van der Waals surface area contributed by atoms with E-state index in [-0.39, 0.29) is 25.0 Å². The third-order valence-electron chi connectivity index (χ3n) is 7.88. The molecule has 0 saturated heterocycles. The summed E-state index contributed by atoms with van der Waals surface area (Å²) in [7, 11) is 0. The van der Waals surface area contributed by atoms with Crippen LogP contribution in [0.15, 0.2) is 0 Å². The molecule has 0 aromatic carbocycles. The van der Waals surface area contributed by atoms with Crippen molar-refractivity contribution < 1.29 is 14.7 Å². The number of aliphatic hydroxyl groups excluding tert-OH is 1. The summed E-state index contributed by atoms with van der Waals surface area (Å²) in [5, 5.41) is 15.3. The quantitative estimate of drug-likeness (QED) is 0.0617. The van der Waals surface area contributed by atoms with E-state index in [9.17, 15) is 14.7 Å². The maximum atomic E-state index is 12.2. The molecule has 5 nitrogen and oxygen atoms in total. The minimum Gasteiger partial charge on any atom is -0.394 e. The number of aliphatic hydroxyl groups is 1. The zero-order valence-corrected chi connectivity index (χ0v) is 29.5. The first-order chi connectivity index (χ1) is 20.6. The number of unbranched alkanes of at least 4 members (excludes halogenated alkanes) is 22. The normalized spacial score (nSPS) is 12.0. The molecule has 0 aromatic heterocycles. The van der Waals surface area contributed by atoms with Crippen LogP contribution in [0.1, 0.15) is 168 Å². The molecular weight excluding hydrogens is 561 g/mol. The number of hydrogen-bond acceptors (Lipinski definition) is 5. The van der Waals surface area contributed by atoms with E-state index in [0.29, 0.717) is 11.5 Å². The van der Waals surface area contributed by atoms with Gasteiger partial charge in [0.1, 0.15) is 0 Å². The second-order valence-electron chi connectivity index (χ2n) is 12.1. The number of thioether (sulfide) groups is 2. The molecule has 3 N–H and O–H groups in total. The molecule has 0 aliphatic heterocycles. The van der Waals surface area contributed by atoms with Crippen molar-refractivity contribution in [1.82, 2.24) is 10.6 Å². The first-order valence-corrected chi connectivity index (χ1v) is 20.3. The number of amides is 2. The van der Waals surface area contributed by atoms with Crippen LogP contribution < -0.4 is 10.6 Å². The third kappa shape index (κ3) is 32.5. The molecule has 0 bridgehead atoms. The van der Waals surface area contributed by atoms with E-state index in [1.807, 2.05) is 0 Å². The van der Waals surface area contributed by atoms with Crippen LogP contribution in [0.2, 0.25) is 0 Å². The highest BCUT2D eigenvalue weighted by Crippen LogP contribution is 2.14. The zero-order chi connectivity index (χ0) is 30.8. The van der Waals surface area contributed by atoms with Gasteiger partial charge in [0.2, 0.25) is 11.8 Å². The van der Waals surface area contributed by atoms with Gasteiger partial charge in [-0.1, -0.05) is 155 Å². The van der Waals surface area contributed by atoms with Crippen LogP contribution >= 0.6 is 23.5 Å². The molecule has 0 fully saturated rings. The number of hydrogen-bond donors (Lipinski definition) is 3. The number of carbonyl (C=O) groups excluding carboxylic acids is 2. The maximum Gasteiger partial charge on any atom is 0.230 e. The van der Waals surface area contributed by atoms with Crippen LogP contribution in [0.5, 0.6) is 0 Å². The Morgan fingerprint density at radius 2 is 0.857 bits per heavy atom. The lowest BCUT2D eigenvalue weighted by Crippen LogP contribution is -2.46. The Labute approximate surface area is 270 Å². The Kier molecular flexibility index (Phi) is 34.7. The van der Waals surface area contributed by atoms with Crippen molar-refractivity contribution in [1.29, 1.82) is 0 Å². The molecule has 42 heavy (non-hydrogen) atoms. The van der Waals surface area contributed by atoms with E-state index < -0.39 is 6.04 Å². The first-order valence-electron chi connectivity index (χ1n) is 18.0. The molecule has 1 unspecified atom stereocenters. The van der Waals surface area contributed by atoms with Gasteiger partial charge in [0.15, 0.2) is 0 Å². The Bertz CT molecular complexity index is 580. The second-order valence-corrected chi connectivity index (χ2v) is 14.3. The van der Waals surface area contributed by atoms with Crippen molar-refractivity contribution in [3.05, 3.63) is 0 Å². The molecule has 0 aliphatic carbocycles. The molecule has 1 atom stereocenters. The van der Waals surface area contributed by atoms with Gasteiger partial charge in [-0.2, -0.15) is 23.5 Å². The Morgan fingerprint density at radius 1 is 0.524 bits per heavy atom. The predicted octanol–water partition coefficient (Wildman–Crippen LogP) is 9.45. The van der Waals surface area contributed by atoms with E-state index in [1.54, 1.807) is 23.5 Å². The van der Waals surface area contributed by atoms with E-state index in [2.05, 4.69) is 24.5 Å². The highest BCUT2D eigenvalue weighted by Gasteiger charge is 2.13. The van der Waals surface area contributed by atoms with Crippen molar-refractivity contribution in [3.8, 4) is 0 Å². The van der Waals surface area contributed by atoms with Gasteiger partial charge in [0.05, 0.1) is 24.2 Å². The molecule has 7 heteroatoms. The summed E-state index contributed by atoms with van der Waals surface area (Å²) in [6, 6.07) is -0.421. The van der Waals surface area contributed by atoms with Crippen molar-refractivity contribution >= 4 is 35.3 Å². The molecule has 2 amide bonds. The Hall–Kier alpha value is -0.400. The largest absolute Gasteiger partial charge is 0.394 e. The van der Waals surface area contributed by atoms with Gasteiger partial charge in [-0.05, 0) is 24.3 Å². The molecule has 250 valence electrons. The summed E-state index contributed by atoms with van der Waals surface area (Å²) in [4.78, 5) is 24.4. The Morgan fingerprint density at radius 3 is 1.21 bits per heavy atom. The molecule has 0 heterocycles. The summed E-state index contributed by atoms with van der Waals surface area (Å²) in [5.74, 6) is 2.79. The standard InChI is InChI=1S/C35H70N2O3S2/c1-3-5-7-9-11-13-15-17-19-21-23-25-27-41-31-34(39)36-29-33(30-38)37-35(40)32-42-28-26-24-22-20-18-16-14-12-10-8-6-4-2/h33,38H,3-32H2,1-2H3,(H,36,39)(H,37,40). The SMILES string of the molecule is CCCCCCCCCCCCCCSCC(=O)NCC(CO)NC(=O)CSCCCCCCCCCCCCCC. The second kappa shape index (κ2) is 35.1. The smallest absolute Gasteiger partial charge is 0.230 e. The topological polar surface area (TPSA) is 78.4 Å². The highest BCUT2D eigenvalue weighted by atomic mass is 32.2. The fourth-order valence-electron chi connectivity index (χ4n) is 5.14. The van der Waals surface area contributed by atoms with Gasteiger partial charge >= 0.3 is 0 Å². The zero-order valence-electron chi connectivity index (χ0n) is 27.9. The van der Waals surface area contributed by atoms with Gasteiger partial charge in [0, 0.05) is 6.54 Å². The van der Waals surface area contributed by atoms with Crippen LogP contribution in [-0.2, 0) is 9.59 Å². The molecule has 0 rings (SSSR count). The van der Waals surface area contributed by atoms with Crippen molar-refractivity contribution in [2.75, 3.05) is 36.2 Å². The molecule has 0 saturated carbocycles. The van der Waals surface area contributed by atoms with Crippen molar-refractivity contribution in [2.45, 2.75) is 174 Å². The average molecular weight is 631 g/mol. The number of carbonyl (C=O) groups is 2. The lowest BCUT2D eigenvalue weighted by atomic mass is 10.1. The van der Waals surface area contributed by atoms with E-state index in [1.165, 1.54) is 148 Å². The van der Waals surface area contributed by atoms with E-state index in [0.717, 1.165) is 17.9 Å². The minimum atomic E-state index is -0.421. The van der Waals surface area contributed by atoms with Crippen molar-refractivity contribution in [2.24, 2.45) is 0 Å². The fourth-order valence-corrected chi connectivity index (χ4v) is 6.80. The maximum absolute atomic E-state index is 12.2. The van der Waals surface area contributed by atoms with Crippen LogP contribution in [0.4, 0.5) is 0 Å². The van der Waals surface area contributed by atoms with Crippen LogP contribution in [0.3, 0.4) is 0 Å². The lowest BCUT2D eigenvalue weighted by molar-refractivity contribution is -0.121. The van der Waals surface area contributed by atoms with Gasteiger partial charge in [0.25, 0.3) is 0 Å². The van der Waals surface area contributed by atoms with Gasteiger partial charge in [-0.15, -0.1) is 0 Å². The van der Waals surface area contributed by atoms with Crippen LogP contribution in [-0.4, -0.2) is 59.1 Å². The predicted molar refractivity (Wildman–Crippen MR) is 189 cm³/mol. The number of rotatable bonds is 34. The summed E-state index contributed by atoms with van der Waals surface area (Å²) >= 11 is 3.34. The third-order valence-corrected chi connectivity index (χ3v) is 9.97. The van der Waals surface area contributed by atoms with Gasteiger partial charge in [-0.25, -0.2) is 0 Å². The lowest BCUT2D eigenvalue weighted by Gasteiger charge is -2.17. The van der Waals surface area contributed by atoms with Crippen molar-refractivity contribution in [3.63, 3.8) is 0 Å². The minimum absolute atomic E-state index is 0.0204.